The van der Waals surface area contributed by atoms with E-state index in [-0.39, 0.29) is 12.1 Å². The number of nitrogens with one attached hydrogen (secondary N) is 1. The van der Waals surface area contributed by atoms with Crippen LogP contribution < -0.4 is 5.32 Å². The van der Waals surface area contributed by atoms with Crippen molar-refractivity contribution in [2.45, 2.75) is 19.0 Å². The van der Waals surface area contributed by atoms with Crippen LogP contribution in [0.25, 0.3) is 0 Å². The third-order valence-corrected chi connectivity index (χ3v) is 5.44. The number of thiophene rings is 2. The molecule has 0 aliphatic carbocycles. The summed E-state index contributed by atoms with van der Waals surface area (Å²) < 4.78 is 6.38. The molecule has 0 radical (unpaired) electrons. The predicted octanol–water partition coefficient (Wildman–Crippen LogP) is 5.50. The van der Waals surface area contributed by atoms with E-state index in [9.17, 15) is 0 Å². The fraction of sp³-hybridized carbons (Fsp3) is 0.200. The van der Waals surface area contributed by atoms with Crippen molar-refractivity contribution in [2.75, 3.05) is 0 Å². The van der Waals surface area contributed by atoms with Gasteiger partial charge < -0.3 is 4.42 Å². The first-order valence-electron chi connectivity index (χ1n) is 6.32. The number of hydrogen-bond donors (Lipinski definition) is 1. The molecule has 104 valence electrons. The van der Waals surface area contributed by atoms with Crippen LogP contribution in [-0.4, -0.2) is 0 Å². The lowest BCUT2D eigenvalue weighted by Crippen LogP contribution is -2.24. The molecule has 3 rings (SSSR count). The molecule has 0 aliphatic rings. The molecule has 2 atom stereocenters. The number of rotatable bonds is 5. The summed E-state index contributed by atoms with van der Waals surface area (Å²) in [7, 11) is 0. The summed E-state index contributed by atoms with van der Waals surface area (Å²) in [6.07, 6.45) is 1.70. The standard InChI is InChI=1S/C15H14ClNOS2/c1-10(12-5-3-9-19-12)17-15(11-4-2-8-18-11)13-6-7-14(16)20-13/h2-10,15,17H,1H3/t10-,15?/m1/s1. The highest BCUT2D eigenvalue weighted by molar-refractivity contribution is 7.16. The minimum atomic E-state index is 0.0274. The second-order valence-electron chi connectivity index (χ2n) is 4.49. The predicted molar refractivity (Wildman–Crippen MR) is 85.7 cm³/mol. The average molecular weight is 324 g/mol. The van der Waals surface area contributed by atoms with E-state index >= 15 is 0 Å². The van der Waals surface area contributed by atoms with Crippen LogP contribution in [0.2, 0.25) is 4.34 Å². The molecule has 0 aromatic carbocycles. The van der Waals surface area contributed by atoms with Crippen LogP contribution in [0.3, 0.4) is 0 Å². The van der Waals surface area contributed by atoms with Gasteiger partial charge in [0.25, 0.3) is 0 Å². The van der Waals surface area contributed by atoms with Gasteiger partial charge in [0.2, 0.25) is 0 Å². The zero-order chi connectivity index (χ0) is 13.9. The first-order chi connectivity index (χ1) is 9.74. The highest BCUT2D eigenvalue weighted by Gasteiger charge is 2.21. The zero-order valence-electron chi connectivity index (χ0n) is 10.9. The Balaban J connectivity index is 1.87. The maximum absolute atomic E-state index is 6.06. The smallest absolute Gasteiger partial charge is 0.126 e. The summed E-state index contributed by atoms with van der Waals surface area (Å²) in [4.78, 5) is 2.47. The van der Waals surface area contributed by atoms with Gasteiger partial charge in [-0.05, 0) is 42.6 Å². The Morgan fingerprint density at radius 1 is 1.15 bits per heavy atom. The average Bonchev–Trinajstić information content (AvgIpc) is 3.17. The van der Waals surface area contributed by atoms with E-state index in [4.69, 9.17) is 16.0 Å². The largest absolute Gasteiger partial charge is 0.467 e. The van der Waals surface area contributed by atoms with Crippen LogP contribution in [-0.2, 0) is 0 Å². The molecule has 0 bridgehead atoms. The van der Waals surface area contributed by atoms with E-state index in [0.717, 1.165) is 15.0 Å². The van der Waals surface area contributed by atoms with Crippen LogP contribution in [0.15, 0.2) is 52.5 Å². The topological polar surface area (TPSA) is 25.2 Å². The molecule has 0 aliphatic heterocycles. The third kappa shape index (κ3) is 2.99. The maximum Gasteiger partial charge on any atom is 0.126 e. The molecule has 0 saturated carbocycles. The van der Waals surface area contributed by atoms with Crippen LogP contribution >= 0.6 is 34.3 Å². The van der Waals surface area contributed by atoms with Gasteiger partial charge in [-0.3, -0.25) is 5.32 Å². The number of furan rings is 1. The molecule has 0 spiro atoms. The molecule has 3 aromatic rings. The Morgan fingerprint density at radius 3 is 2.65 bits per heavy atom. The van der Waals surface area contributed by atoms with Gasteiger partial charge in [0.15, 0.2) is 0 Å². The zero-order valence-corrected chi connectivity index (χ0v) is 13.3. The molecule has 3 heterocycles. The summed E-state index contributed by atoms with van der Waals surface area (Å²) in [5, 5.41) is 5.71. The summed E-state index contributed by atoms with van der Waals surface area (Å²) in [6.45, 7) is 2.16. The van der Waals surface area contributed by atoms with E-state index in [1.165, 1.54) is 4.88 Å². The number of hydrogen-bond acceptors (Lipinski definition) is 4. The van der Waals surface area contributed by atoms with Crippen molar-refractivity contribution in [3.63, 3.8) is 0 Å². The lowest BCUT2D eigenvalue weighted by atomic mass is 10.1. The van der Waals surface area contributed by atoms with Crippen molar-refractivity contribution < 1.29 is 4.42 Å². The van der Waals surface area contributed by atoms with Gasteiger partial charge in [0.1, 0.15) is 11.8 Å². The van der Waals surface area contributed by atoms with Gasteiger partial charge in [-0.15, -0.1) is 22.7 Å². The van der Waals surface area contributed by atoms with Crippen molar-refractivity contribution >= 4 is 34.3 Å². The SMILES string of the molecule is C[C@@H](NC(c1ccco1)c1ccc(Cl)s1)c1cccs1. The van der Waals surface area contributed by atoms with E-state index < -0.39 is 0 Å². The van der Waals surface area contributed by atoms with E-state index in [0.29, 0.717) is 0 Å². The van der Waals surface area contributed by atoms with Gasteiger partial charge in [0, 0.05) is 15.8 Å². The minimum absolute atomic E-state index is 0.0274. The van der Waals surface area contributed by atoms with Crippen molar-refractivity contribution in [3.8, 4) is 0 Å². The second-order valence-corrected chi connectivity index (χ2v) is 7.22. The Hall–Kier alpha value is -1.07. The normalized spacial score (nSPS) is 14.3. The lowest BCUT2D eigenvalue weighted by molar-refractivity contribution is 0.424. The summed E-state index contributed by atoms with van der Waals surface area (Å²) in [6, 6.07) is 12.4. The fourth-order valence-corrected chi connectivity index (χ4v) is 3.99. The van der Waals surface area contributed by atoms with Crippen LogP contribution in [0, 0.1) is 0 Å². The molecule has 0 amide bonds. The first-order valence-corrected chi connectivity index (χ1v) is 8.39. The van der Waals surface area contributed by atoms with Crippen molar-refractivity contribution in [1.29, 1.82) is 0 Å². The van der Waals surface area contributed by atoms with Gasteiger partial charge in [-0.25, -0.2) is 0 Å². The van der Waals surface area contributed by atoms with Gasteiger partial charge >= 0.3 is 0 Å². The molecular weight excluding hydrogens is 310 g/mol. The molecular formula is C15H14ClNOS2. The Kier molecular flexibility index (Phi) is 4.27. The molecule has 1 unspecified atom stereocenters. The quantitative estimate of drug-likeness (QED) is 0.671. The van der Waals surface area contributed by atoms with Crippen molar-refractivity contribution in [2.24, 2.45) is 0 Å². The van der Waals surface area contributed by atoms with Crippen molar-refractivity contribution in [3.05, 3.63) is 67.9 Å². The monoisotopic (exact) mass is 323 g/mol. The fourth-order valence-electron chi connectivity index (χ4n) is 2.11. The molecule has 20 heavy (non-hydrogen) atoms. The summed E-state index contributed by atoms with van der Waals surface area (Å²) in [5.74, 6) is 0.909. The molecule has 5 heteroatoms. The van der Waals surface area contributed by atoms with Gasteiger partial charge in [0.05, 0.1) is 10.6 Å². The van der Waals surface area contributed by atoms with Crippen LogP contribution in [0.1, 0.15) is 34.5 Å². The Morgan fingerprint density at radius 2 is 2.05 bits per heavy atom. The van der Waals surface area contributed by atoms with Crippen LogP contribution in [0.5, 0.6) is 0 Å². The third-order valence-electron chi connectivity index (χ3n) is 3.09. The molecule has 2 nitrogen and oxygen atoms in total. The van der Waals surface area contributed by atoms with E-state index in [2.05, 4.69) is 29.8 Å². The Bertz CT molecular complexity index is 645. The number of halogens is 1. The summed E-state index contributed by atoms with van der Waals surface area (Å²) >= 11 is 9.40. The van der Waals surface area contributed by atoms with Crippen LogP contribution in [0.4, 0.5) is 0 Å². The van der Waals surface area contributed by atoms with Gasteiger partial charge in [-0.1, -0.05) is 17.7 Å². The van der Waals surface area contributed by atoms with E-state index in [1.54, 1.807) is 28.9 Å². The second kappa shape index (κ2) is 6.14. The van der Waals surface area contributed by atoms with E-state index in [1.807, 2.05) is 24.3 Å². The van der Waals surface area contributed by atoms with Crippen molar-refractivity contribution in [1.82, 2.24) is 5.32 Å². The minimum Gasteiger partial charge on any atom is -0.467 e. The highest BCUT2D eigenvalue weighted by Crippen LogP contribution is 2.33. The molecule has 0 fully saturated rings. The Labute approximate surface area is 131 Å². The lowest BCUT2D eigenvalue weighted by Gasteiger charge is -2.20. The first kappa shape index (κ1) is 13.9. The van der Waals surface area contributed by atoms with Gasteiger partial charge in [-0.2, -0.15) is 0 Å². The highest BCUT2D eigenvalue weighted by atomic mass is 35.5. The maximum atomic E-state index is 6.06. The summed E-state index contributed by atoms with van der Waals surface area (Å²) in [5.41, 5.74) is 0. The molecule has 3 aromatic heterocycles. The molecule has 0 saturated heterocycles. The molecule has 1 N–H and O–H groups in total.